The largest absolute Gasteiger partial charge is 0.497 e. The Morgan fingerprint density at radius 1 is 1.37 bits per heavy atom. The lowest BCUT2D eigenvalue weighted by molar-refractivity contribution is 0.331. The molecule has 0 unspecified atom stereocenters. The third-order valence-electron chi connectivity index (χ3n) is 4.43. The van der Waals surface area contributed by atoms with Gasteiger partial charge < -0.3 is 9.64 Å². The molecule has 2 heteroatoms. The molecule has 1 saturated heterocycles. The van der Waals surface area contributed by atoms with Gasteiger partial charge in [0.05, 0.1) is 7.11 Å². The Bertz CT molecular complexity index is 415. The van der Waals surface area contributed by atoms with Gasteiger partial charge in [0.1, 0.15) is 5.75 Å². The van der Waals surface area contributed by atoms with Crippen molar-refractivity contribution in [3.05, 3.63) is 29.8 Å². The molecule has 0 aromatic heterocycles. The third-order valence-corrected chi connectivity index (χ3v) is 4.43. The molecule has 0 spiro atoms. The highest BCUT2D eigenvalue weighted by Gasteiger charge is 2.38. The molecule has 1 aliphatic heterocycles. The van der Waals surface area contributed by atoms with Crippen LogP contribution in [0.25, 0.3) is 0 Å². The van der Waals surface area contributed by atoms with Crippen molar-refractivity contribution in [2.45, 2.75) is 38.5 Å². The third kappa shape index (κ3) is 3.30. The van der Waals surface area contributed by atoms with Crippen LogP contribution < -0.4 is 4.74 Å². The van der Waals surface area contributed by atoms with E-state index in [1.165, 1.54) is 37.9 Å². The van der Waals surface area contributed by atoms with Gasteiger partial charge in [0.2, 0.25) is 0 Å². The normalized spacial score (nSPS) is 24.1. The van der Waals surface area contributed by atoms with E-state index < -0.39 is 0 Å². The van der Waals surface area contributed by atoms with E-state index >= 15 is 0 Å². The van der Waals surface area contributed by atoms with Crippen LogP contribution in [0.2, 0.25) is 0 Å². The standard InChI is InChI=1S/C17H27NO/c1-14(2)8-9-17(10-11-18(3)13-17)15-6-5-7-16(12-15)19-4/h5-7,12,14H,8-11,13H2,1-4H3/t17-/m0/s1. The van der Waals surface area contributed by atoms with Gasteiger partial charge in [-0.3, -0.25) is 0 Å². The zero-order valence-electron chi connectivity index (χ0n) is 12.8. The van der Waals surface area contributed by atoms with Crippen molar-refractivity contribution < 1.29 is 4.74 Å². The molecule has 2 nitrogen and oxygen atoms in total. The van der Waals surface area contributed by atoms with Crippen LogP contribution in [0.3, 0.4) is 0 Å². The summed E-state index contributed by atoms with van der Waals surface area (Å²) in [5.74, 6) is 1.75. The SMILES string of the molecule is COc1cccc([C@@]2(CCC(C)C)CCN(C)C2)c1. The number of hydrogen-bond acceptors (Lipinski definition) is 2. The second-order valence-corrected chi connectivity index (χ2v) is 6.43. The molecule has 1 atom stereocenters. The maximum absolute atomic E-state index is 5.40. The van der Waals surface area contributed by atoms with Gasteiger partial charge in [-0.25, -0.2) is 0 Å². The van der Waals surface area contributed by atoms with Crippen LogP contribution in [0.4, 0.5) is 0 Å². The van der Waals surface area contributed by atoms with Gasteiger partial charge in [-0.05, 0) is 50.0 Å². The molecule has 0 aliphatic carbocycles. The molecular weight excluding hydrogens is 234 g/mol. The summed E-state index contributed by atoms with van der Waals surface area (Å²) < 4.78 is 5.40. The maximum atomic E-state index is 5.40. The zero-order chi connectivity index (χ0) is 13.9. The molecule has 1 aromatic rings. The molecule has 19 heavy (non-hydrogen) atoms. The van der Waals surface area contributed by atoms with Crippen LogP contribution in [-0.4, -0.2) is 32.1 Å². The number of nitrogens with zero attached hydrogens (tertiary/aromatic N) is 1. The van der Waals surface area contributed by atoms with Crippen molar-refractivity contribution in [1.29, 1.82) is 0 Å². The van der Waals surface area contributed by atoms with Crippen molar-refractivity contribution in [2.75, 3.05) is 27.2 Å². The second kappa shape index (κ2) is 5.96. The molecule has 106 valence electrons. The van der Waals surface area contributed by atoms with Crippen LogP contribution in [0.1, 0.15) is 38.7 Å². The van der Waals surface area contributed by atoms with E-state index in [9.17, 15) is 0 Å². The summed E-state index contributed by atoms with van der Waals surface area (Å²) in [4.78, 5) is 2.46. The number of methoxy groups -OCH3 is 1. The Kier molecular flexibility index (Phi) is 4.51. The lowest BCUT2D eigenvalue weighted by Gasteiger charge is -2.31. The van der Waals surface area contributed by atoms with Crippen LogP contribution in [-0.2, 0) is 5.41 Å². The number of benzene rings is 1. The molecule has 1 aromatic carbocycles. The summed E-state index contributed by atoms with van der Waals surface area (Å²) in [5.41, 5.74) is 1.78. The first-order valence-corrected chi connectivity index (χ1v) is 7.39. The van der Waals surface area contributed by atoms with Crippen molar-refractivity contribution in [2.24, 2.45) is 5.92 Å². The Morgan fingerprint density at radius 3 is 2.74 bits per heavy atom. The van der Waals surface area contributed by atoms with Gasteiger partial charge in [0, 0.05) is 12.0 Å². The van der Waals surface area contributed by atoms with Gasteiger partial charge in [0.15, 0.2) is 0 Å². The van der Waals surface area contributed by atoms with Crippen molar-refractivity contribution in [1.82, 2.24) is 4.90 Å². The Balaban J connectivity index is 2.26. The lowest BCUT2D eigenvalue weighted by Crippen LogP contribution is -2.30. The van der Waals surface area contributed by atoms with Crippen LogP contribution in [0.15, 0.2) is 24.3 Å². The number of ether oxygens (including phenoxy) is 1. The first-order chi connectivity index (χ1) is 9.05. The summed E-state index contributed by atoms with van der Waals surface area (Å²) >= 11 is 0. The van der Waals surface area contributed by atoms with Crippen molar-refractivity contribution >= 4 is 0 Å². The summed E-state index contributed by atoms with van der Waals surface area (Å²) in [7, 11) is 3.98. The van der Waals surface area contributed by atoms with Crippen molar-refractivity contribution in [3.8, 4) is 5.75 Å². The number of likely N-dealkylation sites (N-methyl/N-ethyl adjacent to an activating group) is 1. The summed E-state index contributed by atoms with van der Waals surface area (Å²) in [5, 5.41) is 0. The van der Waals surface area contributed by atoms with Crippen LogP contribution in [0.5, 0.6) is 5.75 Å². The van der Waals surface area contributed by atoms with Crippen molar-refractivity contribution in [3.63, 3.8) is 0 Å². The quantitative estimate of drug-likeness (QED) is 0.801. The Morgan fingerprint density at radius 2 is 2.16 bits per heavy atom. The number of rotatable bonds is 5. The minimum absolute atomic E-state index is 0.327. The smallest absolute Gasteiger partial charge is 0.119 e. The van der Waals surface area contributed by atoms with Crippen LogP contribution in [0, 0.1) is 5.92 Å². The highest BCUT2D eigenvalue weighted by molar-refractivity contribution is 5.35. The molecule has 2 rings (SSSR count). The van der Waals surface area contributed by atoms with E-state index in [1.807, 2.05) is 6.07 Å². The predicted molar refractivity (Wildman–Crippen MR) is 80.9 cm³/mol. The highest BCUT2D eigenvalue weighted by Crippen LogP contribution is 2.40. The number of likely N-dealkylation sites (tertiary alicyclic amines) is 1. The Labute approximate surface area is 117 Å². The minimum Gasteiger partial charge on any atom is -0.497 e. The zero-order valence-corrected chi connectivity index (χ0v) is 12.8. The fourth-order valence-electron chi connectivity index (χ4n) is 3.18. The first kappa shape index (κ1) is 14.4. The molecule has 1 fully saturated rings. The molecule has 0 N–H and O–H groups in total. The fraction of sp³-hybridized carbons (Fsp3) is 0.647. The summed E-state index contributed by atoms with van der Waals surface area (Å²) in [6, 6.07) is 8.68. The van der Waals surface area contributed by atoms with Gasteiger partial charge in [-0.2, -0.15) is 0 Å². The van der Waals surface area contributed by atoms with E-state index in [1.54, 1.807) is 7.11 Å². The fourth-order valence-corrected chi connectivity index (χ4v) is 3.18. The highest BCUT2D eigenvalue weighted by atomic mass is 16.5. The summed E-state index contributed by atoms with van der Waals surface area (Å²) in [6.07, 6.45) is 3.84. The maximum Gasteiger partial charge on any atom is 0.119 e. The Hall–Kier alpha value is -1.02. The van der Waals surface area contributed by atoms with Crippen LogP contribution >= 0.6 is 0 Å². The van der Waals surface area contributed by atoms with E-state index in [-0.39, 0.29) is 0 Å². The van der Waals surface area contributed by atoms with Gasteiger partial charge >= 0.3 is 0 Å². The second-order valence-electron chi connectivity index (χ2n) is 6.43. The van der Waals surface area contributed by atoms with E-state index in [0.717, 1.165) is 11.7 Å². The topological polar surface area (TPSA) is 12.5 Å². The average molecular weight is 261 g/mol. The average Bonchev–Trinajstić information content (AvgIpc) is 2.79. The van der Waals surface area contributed by atoms with Gasteiger partial charge in [-0.1, -0.05) is 32.4 Å². The molecule has 0 bridgehead atoms. The molecule has 1 aliphatic rings. The monoisotopic (exact) mass is 261 g/mol. The molecule has 0 saturated carbocycles. The molecule has 0 amide bonds. The summed E-state index contributed by atoms with van der Waals surface area (Å²) in [6.45, 7) is 7.01. The van der Waals surface area contributed by atoms with E-state index in [0.29, 0.717) is 5.41 Å². The van der Waals surface area contributed by atoms with E-state index in [4.69, 9.17) is 4.74 Å². The van der Waals surface area contributed by atoms with Gasteiger partial charge in [-0.15, -0.1) is 0 Å². The molecule has 1 heterocycles. The molecule has 0 radical (unpaired) electrons. The first-order valence-electron chi connectivity index (χ1n) is 7.39. The lowest BCUT2D eigenvalue weighted by atomic mass is 9.75. The van der Waals surface area contributed by atoms with Gasteiger partial charge in [0.25, 0.3) is 0 Å². The van der Waals surface area contributed by atoms with E-state index in [2.05, 4.69) is 44.0 Å². The molecular formula is C17H27NO. The number of hydrogen-bond donors (Lipinski definition) is 0. The minimum atomic E-state index is 0.327. The predicted octanol–water partition coefficient (Wildman–Crippen LogP) is 3.70.